The number of benzene rings is 2. The number of non-ortho nitro benzene ring substituents is 1. The van der Waals surface area contributed by atoms with Gasteiger partial charge in [-0.3, -0.25) is 19.2 Å². The van der Waals surface area contributed by atoms with Crippen molar-refractivity contribution in [3.8, 4) is 6.07 Å². The fourth-order valence-corrected chi connectivity index (χ4v) is 3.40. The Balaban J connectivity index is 2.26. The average Bonchev–Trinajstić information content (AvgIpc) is 2.61. The minimum absolute atomic E-state index is 0.0659. The summed E-state index contributed by atoms with van der Waals surface area (Å²) < 4.78 is 25.3. The normalized spacial score (nSPS) is 10.8. The predicted octanol–water partition coefficient (Wildman–Crippen LogP) is 2.37. The maximum absolute atomic E-state index is 12.4. The zero-order valence-electron chi connectivity index (χ0n) is 15.2. The lowest BCUT2D eigenvalue weighted by Gasteiger charge is -2.23. The van der Waals surface area contributed by atoms with Gasteiger partial charge in [0.05, 0.1) is 29.4 Å². The van der Waals surface area contributed by atoms with E-state index in [0.717, 1.165) is 22.2 Å². The van der Waals surface area contributed by atoms with Gasteiger partial charge in [-0.25, -0.2) is 8.42 Å². The number of nitro groups is 1. The molecule has 0 aliphatic carbocycles. The second-order valence-electron chi connectivity index (χ2n) is 6.08. The molecular formula is C18H18N4O5S. The van der Waals surface area contributed by atoms with E-state index >= 15 is 0 Å². The molecule has 0 spiro atoms. The molecule has 0 atom stereocenters. The third-order valence-electron chi connectivity index (χ3n) is 3.88. The number of aryl methyl sites for hydroxylation is 1. The quantitative estimate of drug-likeness (QED) is 0.558. The standard InChI is InChI=1S/C18H18N4O5S/c1-13-3-8-16(22(24)25)11-17(13)21(28(2,26)27)12-18(23)20-15-6-4-14(5-7-15)9-10-19/h3-8,11H,9,12H2,1-2H3,(H,20,23). The van der Waals surface area contributed by atoms with Gasteiger partial charge in [-0.1, -0.05) is 18.2 Å². The third kappa shape index (κ3) is 5.28. The number of hydrogen-bond acceptors (Lipinski definition) is 6. The molecule has 1 amide bonds. The Labute approximate surface area is 162 Å². The number of nitro benzene ring substituents is 1. The summed E-state index contributed by atoms with van der Waals surface area (Å²) in [6, 6.07) is 12.4. The Morgan fingerprint density at radius 2 is 1.89 bits per heavy atom. The highest BCUT2D eigenvalue weighted by Crippen LogP contribution is 2.27. The number of nitrogens with zero attached hydrogens (tertiary/aromatic N) is 3. The van der Waals surface area contributed by atoms with E-state index in [2.05, 4.69) is 5.32 Å². The van der Waals surface area contributed by atoms with Crippen molar-refractivity contribution >= 4 is 33.0 Å². The fraction of sp³-hybridized carbons (Fsp3) is 0.222. The van der Waals surface area contributed by atoms with Crippen molar-refractivity contribution in [3.63, 3.8) is 0 Å². The van der Waals surface area contributed by atoms with Gasteiger partial charge < -0.3 is 5.32 Å². The first-order valence-electron chi connectivity index (χ1n) is 8.10. The van der Waals surface area contributed by atoms with Crippen LogP contribution in [0.1, 0.15) is 11.1 Å². The van der Waals surface area contributed by atoms with E-state index in [4.69, 9.17) is 5.26 Å². The molecule has 146 valence electrons. The van der Waals surface area contributed by atoms with E-state index in [9.17, 15) is 23.3 Å². The van der Waals surface area contributed by atoms with Gasteiger partial charge in [0.2, 0.25) is 15.9 Å². The Kier molecular flexibility index (Phi) is 6.33. The molecule has 0 heterocycles. The number of amides is 1. The van der Waals surface area contributed by atoms with Crippen LogP contribution in [0.3, 0.4) is 0 Å². The van der Waals surface area contributed by atoms with E-state index in [0.29, 0.717) is 11.3 Å². The van der Waals surface area contributed by atoms with Crippen LogP contribution in [0.15, 0.2) is 42.5 Å². The second kappa shape index (κ2) is 8.49. The minimum Gasteiger partial charge on any atom is -0.325 e. The number of sulfonamides is 1. The summed E-state index contributed by atoms with van der Waals surface area (Å²) in [5.74, 6) is -0.607. The number of rotatable bonds is 7. The fourth-order valence-electron chi connectivity index (χ4n) is 2.49. The maximum atomic E-state index is 12.4. The molecule has 2 rings (SSSR count). The van der Waals surface area contributed by atoms with Gasteiger partial charge in [-0.2, -0.15) is 5.26 Å². The molecule has 0 aliphatic rings. The molecule has 1 N–H and O–H groups in total. The molecule has 0 saturated carbocycles. The lowest BCUT2D eigenvalue weighted by atomic mass is 10.1. The van der Waals surface area contributed by atoms with Crippen LogP contribution in [-0.4, -0.2) is 32.0 Å². The molecule has 2 aromatic rings. The van der Waals surface area contributed by atoms with Crippen LogP contribution in [0.25, 0.3) is 0 Å². The summed E-state index contributed by atoms with van der Waals surface area (Å²) in [4.78, 5) is 22.8. The van der Waals surface area contributed by atoms with Gasteiger partial charge in [0.15, 0.2) is 0 Å². The largest absolute Gasteiger partial charge is 0.325 e. The molecule has 2 aromatic carbocycles. The molecular weight excluding hydrogens is 384 g/mol. The van der Waals surface area contributed by atoms with Gasteiger partial charge in [0, 0.05) is 17.8 Å². The molecule has 0 radical (unpaired) electrons. The highest BCUT2D eigenvalue weighted by molar-refractivity contribution is 7.92. The smallest absolute Gasteiger partial charge is 0.271 e. The van der Waals surface area contributed by atoms with Crippen LogP contribution in [-0.2, 0) is 21.2 Å². The molecule has 0 fully saturated rings. The molecule has 0 bridgehead atoms. The van der Waals surface area contributed by atoms with Crippen molar-refractivity contribution < 1.29 is 18.1 Å². The topological polar surface area (TPSA) is 133 Å². The van der Waals surface area contributed by atoms with E-state index in [1.807, 2.05) is 6.07 Å². The van der Waals surface area contributed by atoms with Crippen molar-refractivity contribution in [2.75, 3.05) is 22.4 Å². The van der Waals surface area contributed by atoms with Gasteiger partial charge >= 0.3 is 0 Å². The van der Waals surface area contributed by atoms with E-state index in [1.165, 1.54) is 12.1 Å². The highest BCUT2D eigenvalue weighted by Gasteiger charge is 2.24. The summed E-state index contributed by atoms with van der Waals surface area (Å²) in [7, 11) is -3.87. The molecule has 28 heavy (non-hydrogen) atoms. The SMILES string of the molecule is Cc1ccc([N+](=O)[O-])cc1N(CC(=O)Nc1ccc(CC#N)cc1)S(C)(=O)=O. The van der Waals surface area contributed by atoms with Crippen LogP contribution in [0.4, 0.5) is 17.1 Å². The summed E-state index contributed by atoms with van der Waals surface area (Å²) in [5, 5.41) is 22.3. The van der Waals surface area contributed by atoms with Crippen molar-refractivity contribution in [3.05, 3.63) is 63.7 Å². The van der Waals surface area contributed by atoms with Crippen molar-refractivity contribution in [2.24, 2.45) is 0 Å². The van der Waals surface area contributed by atoms with Crippen molar-refractivity contribution in [1.29, 1.82) is 5.26 Å². The Morgan fingerprint density at radius 3 is 2.43 bits per heavy atom. The first kappa shape index (κ1) is 20.9. The number of anilines is 2. The summed E-state index contributed by atoms with van der Waals surface area (Å²) in [6.45, 7) is 1.06. The van der Waals surface area contributed by atoms with Crippen LogP contribution < -0.4 is 9.62 Å². The second-order valence-corrected chi connectivity index (χ2v) is 7.98. The number of nitriles is 1. The van der Waals surface area contributed by atoms with E-state index < -0.39 is 27.4 Å². The summed E-state index contributed by atoms with van der Waals surface area (Å²) >= 11 is 0. The predicted molar refractivity (Wildman–Crippen MR) is 104 cm³/mol. The van der Waals surface area contributed by atoms with Gasteiger partial charge in [-0.05, 0) is 30.2 Å². The van der Waals surface area contributed by atoms with Crippen molar-refractivity contribution in [2.45, 2.75) is 13.3 Å². The molecule has 10 heteroatoms. The summed E-state index contributed by atoms with van der Waals surface area (Å²) in [5.41, 5.74) is 1.49. The Bertz CT molecular complexity index is 1040. The first-order chi connectivity index (χ1) is 13.1. The maximum Gasteiger partial charge on any atom is 0.271 e. The van der Waals surface area contributed by atoms with Crippen LogP contribution >= 0.6 is 0 Å². The zero-order valence-corrected chi connectivity index (χ0v) is 16.1. The van der Waals surface area contributed by atoms with Crippen molar-refractivity contribution in [1.82, 2.24) is 0 Å². The molecule has 0 aliphatic heterocycles. The average molecular weight is 402 g/mol. The number of hydrogen-bond donors (Lipinski definition) is 1. The van der Waals surface area contributed by atoms with Gasteiger partial charge in [-0.15, -0.1) is 0 Å². The Hall–Kier alpha value is -3.45. The van der Waals surface area contributed by atoms with Crippen LogP contribution in [0, 0.1) is 28.4 Å². The zero-order chi connectivity index (χ0) is 20.9. The van der Waals surface area contributed by atoms with Gasteiger partial charge in [0.1, 0.15) is 6.54 Å². The van der Waals surface area contributed by atoms with Crippen LogP contribution in [0.5, 0.6) is 0 Å². The lowest BCUT2D eigenvalue weighted by Crippen LogP contribution is -2.37. The van der Waals surface area contributed by atoms with Crippen LogP contribution in [0.2, 0.25) is 0 Å². The number of nitrogens with one attached hydrogen (secondary N) is 1. The molecule has 0 unspecified atom stereocenters. The summed E-state index contributed by atoms with van der Waals surface area (Å²) in [6.07, 6.45) is 1.16. The molecule has 0 saturated heterocycles. The monoisotopic (exact) mass is 402 g/mol. The minimum atomic E-state index is -3.87. The first-order valence-corrected chi connectivity index (χ1v) is 9.95. The number of carbonyl (C=O) groups excluding carboxylic acids is 1. The van der Waals surface area contributed by atoms with E-state index in [-0.39, 0.29) is 17.8 Å². The number of carbonyl (C=O) groups is 1. The third-order valence-corrected chi connectivity index (χ3v) is 5.01. The van der Waals surface area contributed by atoms with Gasteiger partial charge in [0.25, 0.3) is 5.69 Å². The highest BCUT2D eigenvalue weighted by atomic mass is 32.2. The van der Waals surface area contributed by atoms with E-state index in [1.54, 1.807) is 31.2 Å². The molecule has 0 aromatic heterocycles. The Morgan fingerprint density at radius 1 is 1.25 bits per heavy atom. The molecule has 9 nitrogen and oxygen atoms in total. The lowest BCUT2D eigenvalue weighted by molar-refractivity contribution is -0.384.